The first-order valence-corrected chi connectivity index (χ1v) is 7.02. The van der Waals surface area contributed by atoms with Crippen LogP contribution in [0.5, 0.6) is 5.75 Å². The van der Waals surface area contributed by atoms with E-state index in [1.54, 1.807) is 20.1 Å². The summed E-state index contributed by atoms with van der Waals surface area (Å²) in [4.78, 5) is 11.7. The number of benzene rings is 2. The molecule has 5 heteroatoms. The topological polar surface area (TPSA) is 64.2 Å². The fraction of sp³-hybridized carbons (Fsp3) is 0.176. The van der Waals surface area contributed by atoms with E-state index in [4.69, 9.17) is 9.47 Å². The van der Waals surface area contributed by atoms with Crippen LogP contribution in [0.3, 0.4) is 0 Å². The smallest absolute Gasteiger partial charge is 0.356 e. The monoisotopic (exact) mass is 296 g/mol. The number of aromatic amines is 1. The Bertz CT molecular complexity index is 824. The highest BCUT2D eigenvalue weighted by atomic mass is 16.5. The van der Waals surface area contributed by atoms with Crippen molar-refractivity contribution in [2.24, 2.45) is 0 Å². The second-order valence-corrected chi connectivity index (χ2v) is 4.82. The fourth-order valence-electron chi connectivity index (χ4n) is 2.29. The Balaban J connectivity index is 1.95. The number of hydrogen-bond donors (Lipinski definition) is 1. The molecular formula is C17H16N2O3. The Morgan fingerprint density at radius 1 is 1.14 bits per heavy atom. The van der Waals surface area contributed by atoms with E-state index < -0.39 is 5.97 Å². The van der Waals surface area contributed by atoms with Gasteiger partial charge in [0.15, 0.2) is 0 Å². The molecule has 0 aliphatic rings. The van der Waals surface area contributed by atoms with Gasteiger partial charge in [-0.3, -0.25) is 5.10 Å². The van der Waals surface area contributed by atoms with Crippen molar-refractivity contribution < 1.29 is 14.3 Å². The largest absolute Gasteiger partial charge is 0.497 e. The zero-order chi connectivity index (χ0) is 15.5. The van der Waals surface area contributed by atoms with Gasteiger partial charge in [0.05, 0.1) is 19.4 Å². The molecule has 0 radical (unpaired) electrons. The molecule has 1 N–H and O–H groups in total. The molecule has 0 saturated heterocycles. The van der Waals surface area contributed by atoms with Crippen LogP contribution in [0.2, 0.25) is 0 Å². The third-order valence-corrected chi connectivity index (χ3v) is 3.42. The lowest BCUT2D eigenvalue weighted by atomic mass is 10.0. The summed E-state index contributed by atoms with van der Waals surface area (Å²) in [5.74, 6) is 0.427. The molecule has 5 nitrogen and oxygen atoms in total. The molecule has 22 heavy (non-hydrogen) atoms. The van der Waals surface area contributed by atoms with Crippen molar-refractivity contribution in [1.82, 2.24) is 10.2 Å². The number of carbonyl (C=O) groups is 1. The lowest BCUT2D eigenvalue weighted by Crippen LogP contribution is -2.04. The highest BCUT2D eigenvalue weighted by Gasteiger charge is 2.12. The first-order valence-electron chi connectivity index (χ1n) is 7.02. The van der Waals surface area contributed by atoms with Gasteiger partial charge in [-0.25, -0.2) is 4.79 Å². The Morgan fingerprint density at radius 3 is 2.68 bits per heavy atom. The molecule has 0 spiro atoms. The maximum Gasteiger partial charge on any atom is 0.356 e. The van der Waals surface area contributed by atoms with Gasteiger partial charge in [-0.15, -0.1) is 0 Å². The maximum absolute atomic E-state index is 11.7. The van der Waals surface area contributed by atoms with Crippen molar-refractivity contribution in [3.05, 3.63) is 48.2 Å². The number of rotatable bonds is 4. The third kappa shape index (κ3) is 2.65. The van der Waals surface area contributed by atoms with Gasteiger partial charge in [0.1, 0.15) is 11.4 Å². The summed E-state index contributed by atoms with van der Waals surface area (Å²) in [5, 5.41) is 9.06. The second-order valence-electron chi connectivity index (χ2n) is 4.82. The van der Waals surface area contributed by atoms with Crippen molar-refractivity contribution in [2.45, 2.75) is 6.92 Å². The summed E-state index contributed by atoms with van der Waals surface area (Å²) in [6, 6.07) is 13.6. The number of H-pyrrole nitrogens is 1. The van der Waals surface area contributed by atoms with Crippen LogP contribution in [-0.4, -0.2) is 29.9 Å². The van der Waals surface area contributed by atoms with E-state index >= 15 is 0 Å². The number of esters is 1. The minimum atomic E-state index is -0.397. The molecule has 0 fully saturated rings. The first-order chi connectivity index (χ1) is 10.7. The van der Waals surface area contributed by atoms with E-state index in [9.17, 15) is 4.79 Å². The predicted octanol–water partition coefficient (Wildman–Crippen LogP) is 3.42. The molecule has 0 amide bonds. The van der Waals surface area contributed by atoms with Gasteiger partial charge in [-0.2, -0.15) is 5.10 Å². The molecule has 2 aromatic carbocycles. The van der Waals surface area contributed by atoms with Crippen molar-refractivity contribution in [2.75, 3.05) is 13.7 Å². The number of fused-ring (bicyclic) bond motifs is 1. The zero-order valence-corrected chi connectivity index (χ0v) is 12.4. The quantitative estimate of drug-likeness (QED) is 0.749. The number of aromatic nitrogens is 2. The van der Waals surface area contributed by atoms with Crippen LogP contribution in [0.15, 0.2) is 42.5 Å². The highest BCUT2D eigenvalue weighted by Crippen LogP contribution is 2.26. The normalized spacial score (nSPS) is 10.6. The van der Waals surface area contributed by atoms with Crippen LogP contribution < -0.4 is 4.74 Å². The van der Waals surface area contributed by atoms with Gasteiger partial charge in [-0.05, 0) is 42.0 Å². The summed E-state index contributed by atoms with van der Waals surface area (Å²) in [6.45, 7) is 2.11. The van der Waals surface area contributed by atoms with E-state index in [1.165, 1.54) is 0 Å². The number of nitrogens with zero attached hydrogens (tertiary/aromatic N) is 1. The highest BCUT2D eigenvalue weighted by molar-refractivity contribution is 5.90. The first kappa shape index (κ1) is 14.1. The molecule has 3 rings (SSSR count). The van der Waals surface area contributed by atoms with Crippen LogP contribution in [-0.2, 0) is 4.74 Å². The molecular weight excluding hydrogens is 280 g/mol. The van der Waals surface area contributed by atoms with E-state index in [-0.39, 0.29) is 0 Å². The van der Waals surface area contributed by atoms with Crippen LogP contribution in [0.25, 0.3) is 22.0 Å². The molecule has 0 atom stereocenters. The minimum Gasteiger partial charge on any atom is -0.497 e. The second kappa shape index (κ2) is 5.89. The lowest BCUT2D eigenvalue weighted by molar-refractivity contribution is 0.0519. The van der Waals surface area contributed by atoms with Crippen LogP contribution in [0, 0.1) is 0 Å². The molecule has 0 unspecified atom stereocenters. The summed E-state index contributed by atoms with van der Waals surface area (Å²) in [7, 11) is 1.65. The average Bonchev–Trinajstić information content (AvgIpc) is 3.04. The molecule has 0 saturated carbocycles. The molecule has 1 heterocycles. The minimum absolute atomic E-state index is 0.338. The van der Waals surface area contributed by atoms with Crippen molar-refractivity contribution in [3.63, 3.8) is 0 Å². The van der Waals surface area contributed by atoms with Crippen LogP contribution in [0.4, 0.5) is 0 Å². The van der Waals surface area contributed by atoms with Gasteiger partial charge < -0.3 is 9.47 Å². The van der Waals surface area contributed by atoms with Gasteiger partial charge in [0, 0.05) is 5.56 Å². The van der Waals surface area contributed by atoms with Gasteiger partial charge in [0.25, 0.3) is 0 Å². The zero-order valence-electron chi connectivity index (χ0n) is 12.4. The van der Waals surface area contributed by atoms with Crippen LogP contribution in [0.1, 0.15) is 17.4 Å². The summed E-state index contributed by atoms with van der Waals surface area (Å²) >= 11 is 0. The Kier molecular flexibility index (Phi) is 3.78. The summed E-state index contributed by atoms with van der Waals surface area (Å²) < 4.78 is 10.2. The number of hydrogen-bond acceptors (Lipinski definition) is 4. The van der Waals surface area contributed by atoms with Crippen molar-refractivity contribution >= 4 is 16.7 Å². The molecule has 3 aromatic rings. The SMILES string of the molecule is CCOC(=O)c1cc(-c2ccc3cc(OC)ccc3c2)n[nH]1. The molecule has 0 bridgehead atoms. The van der Waals surface area contributed by atoms with E-state index in [0.717, 1.165) is 22.1 Å². The Labute approximate surface area is 127 Å². The number of ether oxygens (including phenoxy) is 2. The number of nitrogens with one attached hydrogen (secondary N) is 1. The van der Waals surface area contributed by atoms with E-state index in [1.807, 2.05) is 36.4 Å². The third-order valence-electron chi connectivity index (χ3n) is 3.42. The molecule has 112 valence electrons. The summed E-state index contributed by atoms with van der Waals surface area (Å²) in [6.07, 6.45) is 0. The van der Waals surface area contributed by atoms with Crippen LogP contribution >= 0.6 is 0 Å². The molecule has 1 aromatic heterocycles. The van der Waals surface area contributed by atoms with Gasteiger partial charge in [-0.1, -0.05) is 18.2 Å². The lowest BCUT2D eigenvalue weighted by Gasteiger charge is -2.04. The number of carbonyl (C=O) groups excluding carboxylic acids is 1. The standard InChI is InChI=1S/C17H16N2O3/c1-3-22-17(20)16-10-15(18-19-16)13-5-4-12-9-14(21-2)7-6-11(12)8-13/h4-10H,3H2,1-2H3,(H,18,19). The number of methoxy groups -OCH3 is 1. The van der Waals surface area contributed by atoms with E-state index in [2.05, 4.69) is 10.2 Å². The van der Waals surface area contributed by atoms with Crippen molar-refractivity contribution in [3.8, 4) is 17.0 Å². The van der Waals surface area contributed by atoms with Crippen molar-refractivity contribution in [1.29, 1.82) is 0 Å². The fourth-order valence-corrected chi connectivity index (χ4v) is 2.29. The Hall–Kier alpha value is -2.82. The molecule has 0 aliphatic carbocycles. The maximum atomic E-state index is 11.7. The van der Waals surface area contributed by atoms with E-state index in [0.29, 0.717) is 18.0 Å². The van der Waals surface area contributed by atoms with Gasteiger partial charge in [0.2, 0.25) is 0 Å². The Morgan fingerprint density at radius 2 is 1.91 bits per heavy atom. The summed E-state index contributed by atoms with van der Waals surface area (Å²) in [5.41, 5.74) is 2.00. The molecule has 0 aliphatic heterocycles. The van der Waals surface area contributed by atoms with Gasteiger partial charge >= 0.3 is 5.97 Å². The average molecular weight is 296 g/mol. The predicted molar refractivity (Wildman–Crippen MR) is 84.0 cm³/mol.